The smallest absolute Gasteiger partial charge is 0.234 e. The molecule has 1 unspecified atom stereocenters. The predicted molar refractivity (Wildman–Crippen MR) is 79.4 cm³/mol. The van der Waals surface area contributed by atoms with Crippen LogP contribution in [0.25, 0.3) is 6.08 Å². The van der Waals surface area contributed by atoms with Crippen LogP contribution in [0.15, 0.2) is 52.3 Å². The third-order valence-electron chi connectivity index (χ3n) is 2.77. The van der Waals surface area contributed by atoms with Gasteiger partial charge in [0.2, 0.25) is 10.0 Å². The average Bonchev–Trinajstić information content (AvgIpc) is 2.84. The summed E-state index contributed by atoms with van der Waals surface area (Å²) in [6.07, 6.45) is 1.56. The average molecular weight is 291 g/mol. The molecule has 1 heterocycles. The Balaban J connectivity index is 2.06. The van der Waals surface area contributed by atoms with Gasteiger partial charge in [0, 0.05) is 5.41 Å². The Bertz CT molecular complexity index is 687. The van der Waals surface area contributed by atoms with Crippen molar-refractivity contribution in [3.8, 4) is 0 Å². The zero-order valence-corrected chi connectivity index (χ0v) is 12.2. The highest BCUT2D eigenvalue weighted by Crippen LogP contribution is 2.16. The van der Waals surface area contributed by atoms with Gasteiger partial charge < -0.3 is 4.42 Å². The van der Waals surface area contributed by atoms with Crippen LogP contribution in [0.5, 0.6) is 0 Å². The second kappa shape index (κ2) is 6.07. The quantitative estimate of drug-likeness (QED) is 0.920. The van der Waals surface area contributed by atoms with Gasteiger partial charge in [-0.15, -0.1) is 0 Å². The molecule has 0 aliphatic heterocycles. The van der Waals surface area contributed by atoms with Crippen LogP contribution in [-0.2, 0) is 10.0 Å². The van der Waals surface area contributed by atoms with Crippen LogP contribution in [0.3, 0.4) is 0 Å². The van der Waals surface area contributed by atoms with Gasteiger partial charge >= 0.3 is 0 Å². The molecule has 1 aromatic carbocycles. The lowest BCUT2D eigenvalue weighted by Crippen LogP contribution is -2.24. The number of hydrogen-bond donors (Lipinski definition) is 1. The highest BCUT2D eigenvalue weighted by atomic mass is 32.2. The summed E-state index contributed by atoms with van der Waals surface area (Å²) in [6, 6.07) is 12.4. The summed E-state index contributed by atoms with van der Waals surface area (Å²) in [5, 5.41) is 1.16. The Morgan fingerprint density at radius 1 is 1.15 bits per heavy atom. The van der Waals surface area contributed by atoms with Crippen LogP contribution in [0, 0.1) is 6.92 Å². The molecule has 0 bridgehead atoms. The molecule has 0 spiro atoms. The molecule has 20 heavy (non-hydrogen) atoms. The van der Waals surface area contributed by atoms with Gasteiger partial charge in [-0.2, -0.15) is 0 Å². The first-order valence-corrected chi connectivity index (χ1v) is 7.83. The lowest BCUT2D eigenvalue weighted by atomic mass is 10.2. The molecule has 0 radical (unpaired) electrons. The summed E-state index contributed by atoms with van der Waals surface area (Å²) >= 11 is 0. The van der Waals surface area contributed by atoms with E-state index in [1.165, 1.54) is 0 Å². The van der Waals surface area contributed by atoms with Crippen LogP contribution in [0.2, 0.25) is 0 Å². The van der Waals surface area contributed by atoms with Gasteiger partial charge in [-0.05, 0) is 37.6 Å². The molecule has 4 nitrogen and oxygen atoms in total. The molecular weight excluding hydrogens is 274 g/mol. The summed E-state index contributed by atoms with van der Waals surface area (Å²) in [7, 11) is -3.51. The summed E-state index contributed by atoms with van der Waals surface area (Å²) < 4.78 is 31.9. The highest BCUT2D eigenvalue weighted by molar-refractivity contribution is 7.92. The standard InChI is InChI=1S/C15H17NO3S/c1-12-8-9-15(19-12)13(2)16-20(17,18)11-10-14-6-4-3-5-7-14/h3-11,13,16H,1-2H3. The van der Waals surface area contributed by atoms with E-state index in [2.05, 4.69) is 4.72 Å². The van der Waals surface area contributed by atoms with Gasteiger partial charge in [0.25, 0.3) is 0 Å². The molecule has 2 rings (SSSR count). The molecule has 1 N–H and O–H groups in total. The van der Waals surface area contributed by atoms with Crippen LogP contribution >= 0.6 is 0 Å². The molecule has 1 aromatic heterocycles. The van der Waals surface area contributed by atoms with Crippen LogP contribution < -0.4 is 4.72 Å². The van der Waals surface area contributed by atoms with Crippen molar-refractivity contribution in [1.29, 1.82) is 0 Å². The van der Waals surface area contributed by atoms with E-state index < -0.39 is 16.1 Å². The van der Waals surface area contributed by atoms with Gasteiger partial charge in [0.1, 0.15) is 11.5 Å². The van der Waals surface area contributed by atoms with Gasteiger partial charge in [-0.3, -0.25) is 0 Å². The molecule has 0 aliphatic carbocycles. The van der Waals surface area contributed by atoms with Crippen molar-refractivity contribution < 1.29 is 12.8 Å². The molecule has 5 heteroatoms. The van der Waals surface area contributed by atoms with Crippen molar-refractivity contribution in [1.82, 2.24) is 4.72 Å². The van der Waals surface area contributed by atoms with Gasteiger partial charge in [0.05, 0.1) is 6.04 Å². The molecule has 0 saturated carbocycles. The Labute approximate surface area is 119 Å². The fourth-order valence-electron chi connectivity index (χ4n) is 1.76. The number of benzene rings is 1. The summed E-state index contributed by atoms with van der Waals surface area (Å²) in [4.78, 5) is 0. The maximum Gasteiger partial charge on any atom is 0.234 e. The molecule has 1 atom stereocenters. The van der Waals surface area contributed by atoms with Crippen molar-refractivity contribution in [3.05, 3.63) is 65.0 Å². The van der Waals surface area contributed by atoms with E-state index in [1.54, 1.807) is 25.1 Å². The van der Waals surface area contributed by atoms with E-state index in [0.717, 1.165) is 16.7 Å². The zero-order valence-electron chi connectivity index (χ0n) is 11.4. The minimum atomic E-state index is -3.51. The Hall–Kier alpha value is -1.85. The predicted octanol–water partition coefficient (Wildman–Crippen LogP) is 3.24. The van der Waals surface area contributed by atoms with Gasteiger partial charge in [-0.25, -0.2) is 13.1 Å². The van der Waals surface area contributed by atoms with Crippen molar-refractivity contribution in [2.24, 2.45) is 0 Å². The number of aryl methyl sites for hydroxylation is 1. The SMILES string of the molecule is Cc1ccc(C(C)NS(=O)(=O)C=Cc2ccccc2)o1. The second-order valence-corrected chi connectivity index (χ2v) is 6.14. The van der Waals surface area contributed by atoms with Crippen LogP contribution in [0.4, 0.5) is 0 Å². The van der Waals surface area contributed by atoms with Crippen molar-refractivity contribution in [2.45, 2.75) is 19.9 Å². The minimum absolute atomic E-state index is 0.408. The first kappa shape index (κ1) is 14.6. The molecule has 0 saturated heterocycles. The number of rotatable bonds is 5. The molecule has 0 aliphatic rings. The Kier molecular flexibility index (Phi) is 4.42. The first-order chi connectivity index (χ1) is 9.46. The third kappa shape index (κ3) is 4.08. The van der Waals surface area contributed by atoms with Crippen LogP contribution in [-0.4, -0.2) is 8.42 Å². The molecule has 0 amide bonds. The molecular formula is C15H17NO3S. The highest BCUT2D eigenvalue weighted by Gasteiger charge is 2.15. The maximum absolute atomic E-state index is 12.0. The zero-order chi connectivity index (χ0) is 14.6. The van der Waals surface area contributed by atoms with Crippen LogP contribution in [0.1, 0.15) is 30.0 Å². The van der Waals surface area contributed by atoms with E-state index in [1.807, 2.05) is 37.3 Å². The molecule has 2 aromatic rings. The summed E-state index contributed by atoms with van der Waals surface area (Å²) in [5.74, 6) is 1.35. The Morgan fingerprint density at radius 2 is 1.85 bits per heavy atom. The van der Waals surface area contributed by atoms with E-state index >= 15 is 0 Å². The normalized spacial score (nSPS) is 13.7. The van der Waals surface area contributed by atoms with Crippen molar-refractivity contribution in [3.63, 3.8) is 0 Å². The van der Waals surface area contributed by atoms with E-state index in [9.17, 15) is 8.42 Å². The summed E-state index contributed by atoms with van der Waals surface area (Å²) in [6.45, 7) is 3.56. The fourth-order valence-corrected chi connectivity index (χ4v) is 2.79. The fraction of sp³-hybridized carbons (Fsp3) is 0.200. The van der Waals surface area contributed by atoms with E-state index in [4.69, 9.17) is 4.42 Å². The largest absolute Gasteiger partial charge is 0.465 e. The van der Waals surface area contributed by atoms with Gasteiger partial charge in [-0.1, -0.05) is 30.3 Å². The topological polar surface area (TPSA) is 59.3 Å². The number of furan rings is 1. The van der Waals surface area contributed by atoms with Crippen molar-refractivity contribution in [2.75, 3.05) is 0 Å². The second-order valence-electron chi connectivity index (χ2n) is 4.55. The third-order valence-corrected chi connectivity index (χ3v) is 3.94. The monoisotopic (exact) mass is 291 g/mol. The lowest BCUT2D eigenvalue weighted by molar-refractivity contribution is 0.442. The summed E-state index contributed by atoms with van der Waals surface area (Å²) in [5.41, 5.74) is 0.833. The van der Waals surface area contributed by atoms with Gasteiger partial charge in [0.15, 0.2) is 0 Å². The van der Waals surface area contributed by atoms with Crippen molar-refractivity contribution >= 4 is 16.1 Å². The number of hydrogen-bond acceptors (Lipinski definition) is 3. The van der Waals surface area contributed by atoms with E-state index in [0.29, 0.717) is 5.76 Å². The molecule has 106 valence electrons. The number of sulfonamides is 1. The minimum Gasteiger partial charge on any atom is -0.465 e. The lowest BCUT2D eigenvalue weighted by Gasteiger charge is -2.09. The first-order valence-electron chi connectivity index (χ1n) is 6.28. The maximum atomic E-state index is 12.0. The Morgan fingerprint density at radius 3 is 2.45 bits per heavy atom. The van der Waals surface area contributed by atoms with E-state index in [-0.39, 0.29) is 0 Å². The number of nitrogens with one attached hydrogen (secondary N) is 1. The molecule has 0 fully saturated rings.